The van der Waals surface area contributed by atoms with Crippen LogP contribution >= 0.6 is 0 Å². The first-order valence-electron chi connectivity index (χ1n) is 7.73. The fourth-order valence-electron chi connectivity index (χ4n) is 1.54. The maximum Gasteiger partial charge on any atom is 0.142 e. The number of allylic oxidation sites excluding steroid dienone is 4. The minimum atomic E-state index is 0.406. The molecule has 0 aromatic carbocycles. The summed E-state index contributed by atoms with van der Waals surface area (Å²) in [4.78, 5) is 20.7. The quantitative estimate of drug-likeness (QED) is 0.244. The van der Waals surface area contributed by atoms with Crippen LogP contribution in [0.4, 0.5) is 0 Å². The zero-order valence-electron chi connectivity index (χ0n) is 14.0. The lowest BCUT2D eigenvalue weighted by Crippen LogP contribution is -1.93. The molecule has 0 heterocycles. The Morgan fingerprint density at radius 2 is 1.65 bits per heavy atom. The predicted octanol–water partition coefficient (Wildman–Crippen LogP) is 5.42. The molecule has 0 rings (SSSR count). The largest absolute Gasteiger partial charge is 0.300 e. The number of rotatable bonds is 9. The second-order valence-electron chi connectivity index (χ2n) is 5.32. The zero-order valence-corrected chi connectivity index (χ0v) is 14.0. The van der Waals surface area contributed by atoms with Gasteiger partial charge in [-0.25, -0.2) is 0 Å². The Bertz CT molecular complexity index is 307. The van der Waals surface area contributed by atoms with Gasteiger partial charge in [-0.1, -0.05) is 43.9 Å². The average Bonchev–Trinajstić information content (AvgIpc) is 2.39. The molecule has 20 heavy (non-hydrogen) atoms. The summed E-state index contributed by atoms with van der Waals surface area (Å²) in [6.45, 7) is 10.2. The van der Waals surface area contributed by atoms with Crippen LogP contribution in [0.3, 0.4) is 0 Å². The molecule has 2 nitrogen and oxygen atoms in total. The molecule has 0 amide bonds. The van der Waals surface area contributed by atoms with Crippen LogP contribution in [0.15, 0.2) is 23.3 Å². The molecule has 0 aliphatic heterocycles. The average molecular weight is 280 g/mol. The van der Waals surface area contributed by atoms with Gasteiger partial charge in [-0.15, -0.1) is 0 Å². The Balaban J connectivity index is 0. The highest BCUT2D eigenvalue weighted by molar-refractivity contribution is 5.77. The van der Waals surface area contributed by atoms with Gasteiger partial charge >= 0.3 is 0 Å². The Morgan fingerprint density at radius 3 is 2.10 bits per heavy atom. The van der Waals surface area contributed by atoms with E-state index in [0.717, 1.165) is 37.5 Å². The van der Waals surface area contributed by atoms with Gasteiger partial charge in [0.1, 0.15) is 12.1 Å². The van der Waals surface area contributed by atoms with E-state index in [-0.39, 0.29) is 0 Å². The number of hydrogen-bond acceptors (Lipinski definition) is 2. The van der Waals surface area contributed by atoms with Crippen LogP contribution in [-0.2, 0) is 9.59 Å². The van der Waals surface area contributed by atoms with Crippen molar-refractivity contribution in [3.05, 3.63) is 23.3 Å². The van der Waals surface area contributed by atoms with E-state index >= 15 is 0 Å². The third-order valence-electron chi connectivity index (χ3n) is 2.90. The van der Waals surface area contributed by atoms with E-state index in [4.69, 9.17) is 0 Å². The highest BCUT2D eigenvalue weighted by Gasteiger charge is 1.95. The number of aldehydes is 1. The third-order valence-corrected chi connectivity index (χ3v) is 2.90. The van der Waals surface area contributed by atoms with E-state index in [1.807, 2.05) is 13.8 Å². The van der Waals surface area contributed by atoms with Crippen molar-refractivity contribution in [2.24, 2.45) is 0 Å². The first kappa shape index (κ1) is 21.1. The maximum absolute atomic E-state index is 10.7. The van der Waals surface area contributed by atoms with Gasteiger partial charge in [0.2, 0.25) is 0 Å². The van der Waals surface area contributed by atoms with E-state index in [1.165, 1.54) is 18.4 Å². The fraction of sp³-hybridized carbons (Fsp3) is 0.667. The Hall–Kier alpha value is -1.18. The fourth-order valence-corrected chi connectivity index (χ4v) is 1.54. The van der Waals surface area contributed by atoms with Crippen LogP contribution in [-0.4, -0.2) is 12.1 Å². The lowest BCUT2D eigenvalue weighted by atomic mass is 10.1. The van der Waals surface area contributed by atoms with Crippen molar-refractivity contribution in [2.75, 3.05) is 0 Å². The van der Waals surface area contributed by atoms with Crippen molar-refractivity contribution in [3.8, 4) is 0 Å². The van der Waals surface area contributed by atoms with Gasteiger partial charge in [0, 0.05) is 12.8 Å². The van der Waals surface area contributed by atoms with Crippen molar-refractivity contribution in [2.45, 2.75) is 79.6 Å². The molecule has 0 fully saturated rings. The molecule has 0 aromatic rings. The van der Waals surface area contributed by atoms with Gasteiger partial charge in [-0.3, -0.25) is 9.59 Å². The summed E-state index contributed by atoms with van der Waals surface area (Å²) in [5.41, 5.74) is 2.49. The first-order chi connectivity index (χ1) is 9.47. The number of unbranched alkanes of at least 4 members (excludes halogenated alkanes) is 2. The molecular formula is C18H32O2. The molecule has 0 aromatic heterocycles. The van der Waals surface area contributed by atoms with Crippen molar-refractivity contribution >= 4 is 12.1 Å². The van der Waals surface area contributed by atoms with E-state index in [0.29, 0.717) is 12.2 Å². The van der Waals surface area contributed by atoms with Crippen LogP contribution < -0.4 is 0 Å². The van der Waals surface area contributed by atoms with Crippen molar-refractivity contribution in [3.63, 3.8) is 0 Å². The standard InChI is InChI=1S/C10H16O.C8H16O/c1-9(2)5-4-6-10(3)7-8-11;1-3-5-6-7-8(9)4-2/h5,7-8H,4,6H2,1-3H3;3-7H2,1-2H3/b10-7+;. The maximum atomic E-state index is 10.7. The number of Topliss-reactive ketones (excluding diaryl/α,β-unsaturated/α-hetero) is 1. The van der Waals surface area contributed by atoms with Gasteiger partial charge in [0.25, 0.3) is 0 Å². The number of hydrogen-bond donors (Lipinski definition) is 0. The summed E-state index contributed by atoms with van der Waals surface area (Å²) in [6.07, 6.45) is 11.7. The summed E-state index contributed by atoms with van der Waals surface area (Å²) >= 11 is 0. The molecule has 0 spiro atoms. The lowest BCUT2D eigenvalue weighted by molar-refractivity contribution is -0.118. The molecule has 0 aliphatic carbocycles. The van der Waals surface area contributed by atoms with Crippen molar-refractivity contribution < 1.29 is 9.59 Å². The minimum absolute atomic E-state index is 0.406. The van der Waals surface area contributed by atoms with E-state index in [1.54, 1.807) is 6.08 Å². The highest BCUT2D eigenvalue weighted by Crippen LogP contribution is 2.05. The number of carbonyl (C=O) groups excluding carboxylic acids is 2. The van der Waals surface area contributed by atoms with Crippen LogP contribution in [0.5, 0.6) is 0 Å². The molecule has 0 unspecified atom stereocenters. The topological polar surface area (TPSA) is 34.1 Å². The molecule has 0 N–H and O–H groups in total. The number of carbonyl (C=O) groups is 2. The molecule has 0 bridgehead atoms. The van der Waals surface area contributed by atoms with Crippen LogP contribution in [0.2, 0.25) is 0 Å². The van der Waals surface area contributed by atoms with Crippen molar-refractivity contribution in [1.82, 2.24) is 0 Å². The van der Waals surface area contributed by atoms with Gasteiger partial charge in [0.15, 0.2) is 0 Å². The predicted molar refractivity (Wildman–Crippen MR) is 87.9 cm³/mol. The molecular weight excluding hydrogens is 248 g/mol. The summed E-state index contributed by atoms with van der Waals surface area (Å²) in [7, 11) is 0. The Morgan fingerprint density at radius 1 is 1.00 bits per heavy atom. The third kappa shape index (κ3) is 19.2. The first-order valence-corrected chi connectivity index (χ1v) is 7.73. The highest BCUT2D eigenvalue weighted by atomic mass is 16.1. The van der Waals surface area contributed by atoms with Crippen molar-refractivity contribution in [1.29, 1.82) is 0 Å². The molecule has 2 heteroatoms. The number of ketones is 1. The summed E-state index contributed by atoms with van der Waals surface area (Å²) in [5, 5.41) is 0. The second kappa shape index (κ2) is 15.9. The zero-order chi connectivity index (χ0) is 15.8. The van der Waals surface area contributed by atoms with Gasteiger partial charge in [0.05, 0.1) is 0 Å². The molecule has 0 atom stereocenters. The van der Waals surface area contributed by atoms with Crippen LogP contribution in [0, 0.1) is 0 Å². The smallest absolute Gasteiger partial charge is 0.142 e. The summed E-state index contributed by atoms with van der Waals surface area (Å²) in [5.74, 6) is 0.406. The minimum Gasteiger partial charge on any atom is -0.300 e. The lowest BCUT2D eigenvalue weighted by Gasteiger charge is -1.94. The Labute approximate surface area is 125 Å². The SMILES string of the molecule is CC(C)=CCC/C(C)=C/C=O.CCCCCC(=O)CC. The van der Waals surface area contributed by atoms with Crippen LogP contribution in [0.1, 0.15) is 79.6 Å². The molecule has 0 saturated carbocycles. The van der Waals surface area contributed by atoms with E-state index < -0.39 is 0 Å². The van der Waals surface area contributed by atoms with E-state index in [9.17, 15) is 9.59 Å². The molecule has 116 valence electrons. The Kier molecular flexibility index (Phi) is 16.8. The van der Waals surface area contributed by atoms with Gasteiger partial charge in [-0.2, -0.15) is 0 Å². The van der Waals surface area contributed by atoms with Gasteiger partial charge < -0.3 is 0 Å². The summed E-state index contributed by atoms with van der Waals surface area (Å²) < 4.78 is 0. The van der Waals surface area contributed by atoms with E-state index in [2.05, 4.69) is 26.8 Å². The van der Waals surface area contributed by atoms with Crippen LogP contribution in [0.25, 0.3) is 0 Å². The summed E-state index contributed by atoms with van der Waals surface area (Å²) in [6, 6.07) is 0. The monoisotopic (exact) mass is 280 g/mol. The van der Waals surface area contributed by atoms with Gasteiger partial charge in [-0.05, 0) is 46.1 Å². The molecule has 0 radical (unpaired) electrons. The normalized spacial score (nSPS) is 10.3. The molecule has 0 aliphatic rings. The molecule has 0 saturated heterocycles. The second-order valence-corrected chi connectivity index (χ2v) is 5.32.